The van der Waals surface area contributed by atoms with Crippen molar-refractivity contribution in [2.75, 3.05) is 26.0 Å². The summed E-state index contributed by atoms with van der Waals surface area (Å²) < 4.78 is 0. The minimum Gasteiger partial charge on any atom is -0.356 e. The largest absolute Gasteiger partial charge is 0.356 e. The summed E-state index contributed by atoms with van der Waals surface area (Å²) in [6, 6.07) is 19.3. The molecular formula is C19H26N3S+. The lowest BCUT2D eigenvalue weighted by Gasteiger charge is -2.23. The predicted molar refractivity (Wildman–Crippen MR) is 102 cm³/mol. The SMILES string of the molecule is CCc1ccc(NC(=S)NC[C@H](c2ccccc2)[NH+](C)C)cc1. The number of nitrogens with one attached hydrogen (secondary N) is 3. The Hall–Kier alpha value is -1.91. The van der Waals surface area contributed by atoms with E-state index in [1.165, 1.54) is 16.0 Å². The lowest BCUT2D eigenvalue weighted by molar-refractivity contribution is -0.890. The van der Waals surface area contributed by atoms with Crippen LogP contribution in [0, 0.1) is 0 Å². The van der Waals surface area contributed by atoms with E-state index in [-0.39, 0.29) is 0 Å². The van der Waals surface area contributed by atoms with Crippen molar-refractivity contribution >= 4 is 23.0 Å². The average molecular weight is 329 g/mol. The summed E-state index contributed by atoms with van der Waals surface area (Å²) in [5.41, 5.74) is 3.66. The number of aryl methyl sites for hydroxylation is 1. The molecule has 0 saturated heterocycles. The maximum absolute atomic E-state index is 5.42. The second kappa shape index (κ2) is 8.65. The molecular weight excluding hydrogens is 302 g/mol. The first-order valence-corrected chi connectivity index (χ1v) is 8.49. The molecule has 0 radical (unpaired) electrons. The maximum atomic E-state index is 5.42. The zero-order valence-electron chi connectivity index (χ0n) is 14.1. The number of anilines is 1. The third kappa shape index (κ3) is 5.34. The molecule has 0 saturated carbocycles. The van der Waals surface area contributed by atoms with Gasteiger partial charge in [-0.3, -0.25) is 0 Å². The van der Waals surface area contributed by atoms with Crippen molar-refractivity contribution in [2.45, 2.75) is 19.4 Å². The Labute approximate surface area is 144 Å². The second-order valence-electron chi connectivity index (χ2n) is 5.93. The lowest BCUT2D eigenvalue weighted by Crippen LogP contribution is -3.07. The van der Waals surface area contributed by atoms with E-state index >= 15 is 0 Å². The third-order valence-corrected chi connectivity index (χ3v) is 4.23. The molecule has 0 aliphatic heterocycles. The van der Waals surface area contributed by atoms with Gasteiger partial charge in [0.25, 0.3) is 0 Å². The van der Waals surface area contributed by atoms with Gasteiger partial charge in [0.05, 0.1) is 20.6 Å². The topological polar surface area (TPSA) is 28.5 Å². The third-order valence-electron chi connectivity index (χ3n) is 3.99. The quantitative estimate of drug-likeness (QED) is 0.711. The van der Waals surface area contributed by atoms with Crippen molar-refractivity contribution in [3.05, 3.63) is 65.7 Å². The lowest BCUT2D eigenvalue weighted by atomic mass is 10.1. The van der Waals surface area contributed by atoms with Gasteiger partial charge in [-0.25, -0.2) is 0 Å². The summed E-state index contributed by atoms with van der Waals surface area (Å²) in [4.78, 5) is 1.37. The molecule has 0 heterocycles. The molecule has 23 heavy (non-hydrogen) atoms. The average Bonchev–Trinajstić information content (AvgIpc) is 2.56. The smallest absolute Gasteiger partial charge is 0.171 e. The summed E-state index contributed by atoms with van der Waals surface area (Å²) >= 11 is 5.42. The van der Waals surface area contributed by atoms with E-state index in [9.17, 15) is 0 Å². The number of benzene rings is 2. The number of rotatable bonds is 6. The van der Waals surface area contributed by atoms with Crippen molar-refractivity contribution in [3.63, 3.8) is 0 Å². The minimum absolute atomic E-state index is 0.360. The summed E-state index contributed by atoms with van der Waals surface area (Å²) in [5, 5.41) is 7.25. The van der Waals surface area contributed by atoms with E-state index in [0.717, 1.165) is 18.7 Å². The van der Waals surface area contributed by atoms with Gasteiger partial charge >= 0.3 is 0 Å². The summed E-state index contributed by atoms with van der Waals surface area (Å²) in [5.74, 6) is 0. The predicted octanol–water partition coefficient (Wildman–Crippen LogP) is 2.42. The molecule has 0 bridgehead atoms. The fourth-order valence-corrected chi connectivity index (χ4v) is 2.74. The minimum atomic E-state index is 0.360. The molecule has 0 unspecified atom stereocenters. The molecule has 0 aliphatic rings. The molecule has 3 nitrogen and oxygen atoms in total. The van der Waals surface area contributed by atoms with E-state index in [0.29, 0.717) is 11.2 Å². The van der Waals surface area contributed by atoms with Crippen molar-refractivity contribution in [1.29, 1.82) is 0 Å². The van der Waals surface area contributed by atoms with Gasteiger partial charge in [0.15, 0.2) is 5.11 Å². The van der Waals surface area contributed by atoms with Crippen molar-refractivity contribution in [3.8, 4) is 0 Å². The van der Waals surface area contributed by atoms with E-state index in [1.807, 2.05) is 6.07 Å². The van der Waals surface area contributed by atoms with Crippen LogP contribution in [0.15, 0.2) is 54.6 Å². The Balaban J connectivity index is 1.91. The Morgan fingerprint density at radius 1 is 1.04 bits per heavy atom. The summed E-state index contributed by atoms with van der Waals surface area (Å²) in [6.45, 7) is 2.95. The molecule has 0 spiro atoms. The van der Waals surface area contributed by atoms with Crippen LogP contribution in [0.3, 0.4) is 0 Å². The van der Waals surface area contributed by atoms with Crippen LogP contribution in [0.2, 0.25) is 0 Å². The van der Waals surface area contributed by atoms with Crippen LogP contribution in [0.5, 0.6) is 0 Å². The van der Waals surface area contributed by atoms with Crippen LogP contribution >= 0.6 is 12.2 Å². The van der Waals surface area contributed by atoms with Crippen LogP contribution in [0.25, 0.3) is 0 Å². The zero-order valence-corrected chi connectivity index (χ0v) is 14.9. The molecule has 2 aromatic rings. The number of quaternary nitrogens is 1. The fraction of sp³-hybridized carbons (Fsp3) is 0.316. The molecule has 2 rings (SSSR count). The zero-order chi connectivity index (χ0) is 16.7. The summed E-state index contributed by atoms with van der Waals surface area (Å²) in [7, 11) is 4.33. The van der Waals surface area contributed by atoms with Crippen LogP contribution < -0.4 is 15.5 Å². The molecule has 4 heteroatoms. The van der Waals surface area contributed by atoms with Crippen molar-refractivity contribution in [1.82, 2.24) is 5.32 Å². The van der Waals surface area contributed by atoms with E-state index in [1.54, 1.807) is 0 Å². The maximum Gasteiger partial charge on any atom is 0.171 e. The van der Waals surface area contributed by atoms with E-state index in [2.05, 4.69) is 80.2 Å². The fourth-order valence-electron chi connectivity index (χ4n) is 2.53. The first-order valence-electron chi connectivity index (χ1n) is 8.09. The number of hydrogen-bond acceptors (Lipinski definition) is 1. The molecule has 0 aliphatic carbocycles. The van der Waals surface area contributed by atoms with Gasteiger partial charge in [-0.15, -0.1) is 0 Å². The molecule has 3 N–H and O–H groups in total. The highest BCUT2D eigenvalue weighted by Crippen LogP contribution is 2.10. The first-order chi connectivity index (χ1) is 11.1. The van der Waals surface area contributed by atoms with E-state index < -0.39 is 0 Å². The van der Waals surface area contributed by atoms with Gasteiger partial charge in [-0.2, -0.15) is 0 Å². The summed E-state index contributed by atoms with van der Waals surface area (Å²) in [6.07, 6.45) is 1.05. The normalized spacial score (nSPS) is 12.0. The monoisotopic (exact) mass is 328 g/mol. The molecule has 0 fully saturated rings. The van der Waals surface area contributed by atoms with Gasteiger partial charge in [0, 0.05) is 11.3 Å². The Kier molecular flexibility index (Phi) is 6.56. The molecule has 0 aromatic heterocycles. The van der Waals surface area contributed by atoms with Crippen LogP contribution in [-0.4, -0.2) is 25.8 Å². The molecule has 122 valence electrons. The Morgan fingerprint density at radius 3 is 2.26 bits per heavy atom. The molecule has 2 aromatic carbocycles. The highest BCUT2D eigenvalue weighted by molar-refractivity contribution is 7.80. The van der Waals surface area contributed by atoms with Gasteiger partial charge in [0.2, 0.25) is 0 Å². The highest BCUT2D eigenvalue weighted by atomic mass is 32.1. The van der Waals surface area contributed by atoms with Crippen LogP contribution in [0.4, 0.5) is 5.69 Å². The van der Waals surface area contributed by atoms with Crippen molar-refractivity contribution < 1.29 is 4.90 Å². The first kappa shape index (κ1) is 17.4. The van der Waals surface area contributed by atoms with Gasteiger partial charge < -0.3 is 15.5 Å². The highest BCUT2D eigenvalue weighted by Gasteiger charge is 2.17. The van der Waals surface area contributed by atoms with Gasteiger partial charge in [-0.05, 0) is 36.3 Å². The second-order valence-corrected chi connectivity index (χ2v) is 6.33. The van der Waals surface area contributed by atoms with Crippen LogP contribution in [0.1, 0.15) is 24.1 Å². The number of hydrogen-bond donors (Lipinski definition) is 3. The Bertz CT molecular complexity index is 608. The van der Waals surface area contributed by atoms with Gasteiger partial charge in [0.1, 0.15) is 6.04 Å². The molecule has 0 amide bonds. The number of thiocarbonyl (C=S) groups is 1. The van der Waals surface area contributed by atoms with Crippen molar-refractivity contribution in [2.24, 2.45) is 0 Å². The van der Waals surface area contributed by atoms with E-state index in [4.69, 9.17) is 12.2 Å². The van der Waals surface area contributed by atoms with Crippen LogP contribution in [-0.2, 0) is 6.42 Å². The molecule has 1 atom stereocenters. The Morgan fingerprint density at radius 2 is 1.70 bits per heavy atom. The standard InChI is InChI=1S/C19H25N3S/c1-4-15-10-12-17(13-11-15)21-19(23)20-14-18(22(2)3)16-8-6-5-7-9-16/h5-13,18H,4,14H2,1-3H3,(H2,20,21,23)/p+1/t18-/m1/s1. The van der Waals surface area contributed by atoms with Gasteiger partial charge in [-0.1, -0.05) is 49.4 Å². The number of likely N-dealkylation sites (N-methyl/N-ethyl adjacent to an activating group) is 1.